The Hall–Kier alpha value is -2.30. The molecule has 2 N–H and O–H groups in total. The van der Waals surface area contributed by atoms with Gasteiger partial charge in [0.2, 0.25) is 0 Å². The monoisotopic (exact) mass is 299 g/mol. The smallest absolute Gasteiger partial charge is 0.191 e. The van der Waals surface area contributed by atoms with E-state index in [0.29, 0.717) is 18.5 Å². The Bertz CT molecular complexity index is 601. The van der Waals surface area contributed by atoms with E-state index in [0.717, 1.165) is 17.3 Å². The molecule has 0 aliphatic heterocycles. The quantitative estimate of drug-likeness (QED) is 0.659. The number of hydrogen-bond acceptors (Lipinski definition) is 2. The van der Waals surface area contributed by atoms with Crippen LogP contribution in [0.1, 0.15) is 26.5 Å². The zero-order chi connectivity index (χ0) is 15.9. The molecule has 0 aliphatic carbocycles. The predicted molar refractivity (Wildman–Crippen MR) is 91.2 cm³/mol. The molecule has 1 aromatic carbocycles. The molecule has 0 fully saturated rings. The number of aromatic nitrogens is 2. The molecular formula is C17H25N5. The van der Waals surface area contributed by atoms with Gasteiger partial charge in [-0.1, -0.05) is 32.0 Å². The molecule has 0 bridgehead atoms. The second-order valence-corrected chi connectivity index (χ2v) is 5.69. The SMILES string of the molecule is CN=C(NCc1ccn(-c2ccccc2)n1)NC(C)C(C)C. The molecule has 0 radical (unpaired) electrons. The molecule has 1 aromatic heterocycles. The fourth-order valence-electron chi connectivity index (χ4n) is 1.93. The third-order valence-electron chi connectivity index (χ3n) is 3.69. The Morgan fingerprint density at radius 3 is 2.55 bits per heavy atom. The lowest BCUT2D eigenvalue weighted by Crippen LogP contribution is -2.43. The standard InChI is InChI=1S/C17H25N5/c1-13(2)14(3)20-17(18-4)19-12-15-10-11-22(21-15)16-8-6-5-7-9-16/h5-11,13-14H,12H2,1-4H3,(H2,18,19,20). The molecule has 2 aromatic rings. The number of nitrogens with zero attached hydrogens (tertiary/aromatic N) is 3. The predicted octanol–water partition coefficient (Wildman–Crippen LogP) is 2.58. The summed E-state index contributed by atoms with van der Waals surface area (Å²) >= 11 is 0. The van der Waals surface area contributed by atoms with Gasteiger partial charge in [0.1, 0.15) is 0 Å². The van der Waals surface area contributed by atoms with Crippen LogP contribution in [0.4, 0.5) is 0 Å². The van der Waals surface area contributed by atoms with Crippen molar-refractivity contribution in [3.63, 3.8) is 0 Å². The fraction of sp³-hybridized carbons (Fsp3) is 0.412. The van der Waals surface area contributed by atoms with Gasteiger partial charge in [0.15, 0.2) is 5.96 Å². The molecule has 2 rings (SSSR count). The van der Waals surface area contributed by atoms with Crippen molar-refractivity contribution in [3.05, 3.63) is 48.3 Å². The minimum Gasteiger partial charge on any atom is -0.354 e. The minimum atomic E-state index is 0.369. The third-order valence-corrected chi connectivity index (χ3v) is 3.69. The number of benzene rings is 1. The average Bonchev–Trinajstić information content (AvgIpc) is 3.00. The molecule has 1 heterocycles. The topological polar surface area (TPSA) is 54.2 Å². The van der Waals surface area contributed by atoms with Crippen LogP contribution < -0.4 is 10.6 Å². The Kier molecular flexibility index (Phi) is 5.58. The number of nitrogens with one attached hydrogen (secondary N) is 2. The molecular weight excluding hydrogens is 274 g/mol. The molecule has 0 aliphatic rings. The van der Waals surface area contributed by atoms with Crippen LogP contribution in [-0.2, 0) is 6.54 Å². The molecule has 22 heavy (non-hydrogen) atoms. The second kappa shape index (κ2) is 7.64. The largest absolute Gasteiger partial charge is 0.354 e. The van der Waals surface area contributed by atoms with E-state index in [1.54, 1.807) is 7.05 Å². The number of rotatable bonds is 5. The van der Waals surface area contributed by atoms with Crippen molar-refractivity contribution in [2.45, 2.75) is 33.4 Å². The highest BCUT2D eigenvalue weighted by Crippen LogP contribution is 2.06. The first kappa shape index (κ1) is 16.1. The van der Waals surface area contributed by atoms with E-state index in [4.69, 9.17) is 0 Å². The summed E-state index contributed by atoms with van der Waals surface area (Å²) in [6.07, 6.45) is 1.97. The van der Waals surface area contributed by atoms with E-state index < -0.39 is 0 Å². The molecule has 1 atom stereocenters. The number of aliphatic imine (C=N–C) groups is 1. The van der Waals surface area contributed by atoms with Crippen LogP contribution >= 0.6 is 0 Å². The Labute approximate surface area is 132 Å². The Morgan fingerprint density at radius 2 is 1.91 bits per heavy atom. The first-order chi connectivity index (χ1) is 10.6. The van der Waals surface area contributed by atoms with Crippen molar-refractivity contribution in [2.24, 2.45) is 10.9 Å². The lowest BCUT2D eigenvalue weighted by Gasteiger charge is -2.20. The van der Waals surface area contributed by atoms with E-state index >= 15 is 0 Å². The third kappa shape index (κ3) is 4.35. The molecule has 0 saturated carbocycles. The van der Waals surface area contributed by atoms with Gasteiger partial charge < -0.3 is 10.6 Å². The maximum atomic E-state index is 4.57. The van der Waals surface area contributed by atoms with Crippen molar-refractivity contribution >= 4 is 5.96 Å². The van der Waals surface area contributed by atoms with Gasteiger partial charge in [0.25, 0.3) is 0 Å². The zero-order valence-corrected chi connectivity index (χ0v) is 13.7. The summed E-state index contributed by atoms with van der Waals surface area (Å²) in [4.78, 5) is 4.25. The maximum Gasteiger partial charge on any atom is 0.191 e. The summed E-state index contributed by atoms with van der Waals surface area (Å²) < 4.78 is 1.88. The first-order valence-corrected chi connectivity index (χ1v) is 7.67. The van der Waals surface area contributed by atoms with Crippen LogP contribution in [0.3, 0.4) is 0 Å². The van der Waals surface area contributed by atoms with Gasteiger partial charge in [-0.3, -0.25) is 4.99 Å². The molecule has 5 nitrogen and oxygen atoms in total. The lowest BCUT2D eigenvalue weighted by molar-refractivity contribution is 0.480. The number of hydrogen-bond donors (Lipinski definition) is 2. The summed E-state index contributed by atoms with van der Waals surface area (Å²) in [5.41, 5.74) is 2.04. The molecule has 118 valence electrons. The zero-order valence-electron chi connectivity index (χ0n) is 13.7. The highest BCUT2D eigenvalue weighted by molar-refractivity contribution is 5.79. The fourth-order valence-corrected chi connectivity index (χ4v) is 1.93. The van der Waals surface area contributed by atoms with Crippen LogP contribution in [0.5, 0.6) is 0 Å². The van der Waals surface area contributed by atoms with E-state index in [1.165, 1.54) is 0 Å². The molecule has 5 heteroatoms. The van der Waals surface area contributed by atoms with Crippen molar-refractivity contribution in [3.8, 4) is 5.69 Å². The van der Waals surface area contributed by atoms with E-state index in [1.807, 2.05) is 47.3 Å². The van der Waals surface area contributed by atoms with Crippen molar-refractivity contribution in [1.29, 1.82) is 0 Å². The van der Waals surface area contributed by atoms with Gasteiger partial charge in [-0.05, 0) is 31.0 Å². The Balaban J connectivity index is 1.93. The van der Waals surface area contributed by atoms with Crippen LogP contribution in [0.15, 0.2) is 47.6 Å². The molecule has 0 spiro atoms. The molecule has 1 unspecified atom stereocenters. The summed E-state index contributed by atoms with van der Waals surface area (Å²) in [5.74, 6) is 1.35. The van der Waals surface area contributed by atoms with Gasteiger partial charge in [-0.15, -0.1) is 0 Å². The normalized spacial score (nSPS) is 13.2. The van der Waals surface area contributed by atoms with Crippen LogP contribution in [0, 0.1) is 5.92 Å². The average molecular weight is 299 g/mol. The summed E-state index contributed by atoms with van der Waals surface area (Å²) in [6, 6.07) is 12.5. The van der Waals surface area contributed by atoms with Crippen LogP contribution in [0.2, 0.25) is 0 Å². The first-order valence-electron chi connectivity index (χ1n) is 7.67. The van der Waals surface area contributed by atoms with Crippen molar-refractivity contribution in [1.82, 2.24) is 20.4 Å². The van der Waals surface area contributed by atoms with Gasteiger partial charge in [0, 0.05) is 19.3 Å². The number of para-hydroxylation sites is 1. The van der Waals surface area contributed by atoms with Gasteiger partial charge in [-0.2, -0.15) is 5.10 Å². The molecule has 0 saturated heterocycles. The summed E-state index contributed by atoms with van der Waals surface area (Å²) in [5, 5.41) is 11.3. The van der Waals surface area contributed by atoms with Gasteiger partial charge in [0.05, 0.1) is 17.9 Å². The van der Waals surface area contributed by atoms with Crippen LogP contribution in [-0.4, -0.2) is 28.8 Å². The van der Waals surface area contributed by atoms with Crippen molar-refractivity contribution in [2.75, 3.05) is 7.05 Å². The lowest BCUT2D eigenvalue weighted by atomic mass is 10.1. The highest BCUT2D eigenvalue weighted by Gasteiger charge is 2.09. The van der Waals surface area contributed by atoms with E-state index in [-0.39, 0.29) is 0 Å². The second-order valence-electron chi connectivity index (χ2n) is 5.69. The van der Waals surface area contributed by atoms with E-state index in [2.05, 4.69) is 41.5 Å². The molecule has 0 amide bonds. The minimum absolute atomic E-state index is 0.369. The maximum absolute atomic E-state index is 4.57. The van der Waals surface area contributed by atoms with E-state index in [9.17, 15) is 0 Å². The highest BCUT2D eigenvalue weighted by atomic mass is 15.3. The summed E-state index contributed by atoms with van der Waals surface area (Å²) in [7, 11) is 1.78. The van der Waals surface area contributed by atoms with Gasteiger partial charge >= 0.3 is 0 Å². The summed E-state index contributed by atoms with van der Waals surface area (Å²) in [6.45, 7) is 7.17. The Morgan fingerprint density at radius 1 is 1.18 bits per heavy atom. The van der Waals surface area contributed by atoms with Gasteiger partial charge in [-0.25, -0.2) is 4.68 Å². The van der Waals surface area contributed by atoms with Crippen LogP contribution in [0.25, 0.3) is 5.69 Å². The number of guanidine groups is 1. The van der Waals surface area contributed by atoms with Crippen molar-refractivity contribution < 1.29 is 0 Å².